The molecule has 0 amide bonds. The predicted molar refractivity (Wildman–Crippen MR) is 46.9 cm³/mol. The van der Waals surface area contributed by atoms with Crippen molar-refractivity contribution >= 4 is 13.1 Å². The van der Waals surface area contributed by atoms with Gasteiger partial charge in [0.05, 0.1) is 5.69 Å². The van der Waals surface area contributed by atoms with E-state index in [-0.39, 0.29) is 10.9 Å². The van der Waals surface area contributed by atoms with Crippen LogP contribution in [0.1, 0.15) is 26.5 Å². The average molecular weight is 205 g/mol. The van der Waals surface area contributed by atoms with E-state index in [1.54, 1.807) is 0 Å². The molecule has 0 unspecified atom stereocenters. The van der Waals surface area contributed by atoms with Gasteiger partial charge < -0.3 is 14.3 Å². The molecular formula is C7H12NO4P. The minimum absolute atomic E-state index is 0.267. The van der Waals surface area contributed by atoms with Gasteiger partial charge in [0.1, 0.15) is 0 Å². The van der Waals surface area contributed by atoms with Crippen molar-refractivity contribution in [1.29, 1.82) is 0 Å². The highest BCUT2D eigenvalue weighted by Crippen LogP contribution is 2.34. The van der Waals surface area contributed by atoms with E-state index in [1.807, 2.05) is 20.8 Å². The Morgan fingerprint density at radius 2 is 2.00 bits per heavy atom. The van der Waals surface area contributed by atoms with Crippen LogP contribution >= 0.6 is 7.60 Å². The van der Waals surface area contributed by atoms with Crippen molar-refractivity contribution in [2.24, 2.45) is 0 Å². The second-order valence-corrected chi connectivity index (χ2v) is 5.37. The number of aromatic nitrogens is 1. The molecule has 0 atom stereocenters. The van der Waals surface area contributed by atoms with E-state index in [2.05, 4.69) is 9.68 Å². The topological polar surface area (TPSA) is 83.6 Å². The molecule has 0 saturated heterocycles. The SMILES string of the molecule is CC(C)(C)c1cc(P(=O)(O)O)on1. The van der Waals surface area contributed by atoms with Crippen molar-refractivity contribution in [2.75, 3.05) is 0 Å². The Labute approximate surface area is 75.9 Å². The summed E-state index contributed by atoms with van der Waals surface area (Å²) in [5.41, 5.74) is -0.111. The van der Waals surface area contributed by atoms with Crippen molar-refractivity contribution in [3.63, 3.8) is 0 Å². The maximum Gasteiger partial charge on any atom is 0.394 e. The van der Waals surface area contributed by atoms with Crippen LogP contribution in [0.2, 0.25) is 0 Å². The first kappa shape index (κ1) is 10.4. The fourth-order valence-electron chi connectivity index (χ4n) is 0.756. The van der Waals surface area contributed by atoms with E-state index in [0.29, 0.717) is 5.69 Å². The molecule has 0 bridgehead atoms. The van der Waals surface area contributed by atoms with Gasteiger partial charge in [-0.25, -0.2) is 0 Å². The number of hydrogen-bond donors (Lipinski definition) is 2. The van der Waals surface area contributed by atoms with Crippen molar-refractivity contribution in [3.05, 3.63) is 11.8 Å². The van der Waals surface area contributed by atoms with Crippen LogP contribution in [-0.2, 0) is 9.98 Å². The van der Waals surface area contributed by atoms with Gasteiger partial charge in [-0.3, -0.25) is 4.57 Å². The molecule has 5 nitrogen and oxygen atoms in total. The van der Waals surface area contributed by atoms with Crippen LogP contribution in [-0.4, -0.2) is 14.9 Å². The zero-order valence-corrected chi connectivity index (χ0v) is 8.58. The lowest BCUT2D eigenvalue weighted by Crippen LogP contribution is -2.11. The molecule has 0 aromatic carbocycles. The van der Waals surface area contributed by atoms with Crippen LogP contribution < -0.4 is 5.50 Å². The van der Waals surface area contributed by atoms with Crippen LogP contribution in [0.3, 0.4) is 0 Å². The first-order valence-electron chi connectivity index (χ1n) is 3.74. The van der Waals surface area contributed by atoms with Crippen molar-refractivity contribution in [2.45, 2.75) is 26.2 Å². The summed E-state index contributed by atoms with van der Waals surface area (Å²) >= 11 is 0. The van der Waals surface area contributed by atoms with Gasteiger partial charge in [0.15, 0.2) is 0 Å². The second kappa shape index (κ2) is 2.94. The van der Waals surface area contributed by atoms with Crippen LogP contribution in [0.15, 0.2) is 10.6 Å². The first-order chi connectivity index (χ1) is 5.71. The molecule has 0 saturated carbocycles. The second-order valence-electron chi connectivity index (χ2n) is 3.84. The molecule has 0 aliphatic rings. The highest BCUT2D eigenvalue weighted by Gasteiger charge is 2.27. The van der Waals surface area contributed by atoms with E-state index in [0.717, 1.165) is 0 Å². The van der Waals surface area contributed by atoms with Crippen molar-refractivity contribution < 1.29 is 18.9 Å². The van der Waals surface area contributed by atoms with Gasteiger partial charge in [-0.2, -0.15) is 0 Å². The Balaban J connectivity index is 3.08. The first-order valence-corrected chi connectivity index (χ1v) is 5.36. The average Bonchev–Trinajstić information content (AvgIpc) is 2.28. The third-order valence-corrected chi connectivity index (χ3v) is 2.34. The molecule has 0 spiro atoms. The Hall–Kier alpha value is -0.640. The molecule has 6 heteroatoms. The van der Waals surface area contributed by atoms with Gasteiger partial charge in [0.2, 0.25) is 5.50 Å². The molecule has 0 aliphatic carbocycles. The van der Waals surface area contributed by atoms with Gasteiger partial charge >= 0.3 is 7.60 Å². The standard InChI is InChI=1S/C7H12NO4P/c1-7(2,3)5-4-6(12-8-5)13(9,10)11/h4H,1-3H3,(H2,9,10,11). The lowest BCUT2D eigenvalue weighted by molar-refractivity contribution is 0.357. The molecule has 1 aromatic heterocycles. The summed E-state index contributed by atoms with van der Waals surface area (Å²) in [6.45, 7) is 5.65. The smallest absolute Gasteiger partial charge is 0.348 e. The maximum atomic E-state index is 10.7. The zero-order chi connectivity index (χ0) is 10.3. The number of nitrogens with zero attached hydrogens (tertiary/aromatic N) is 1. The maximum absolute atomic E-state index is 10.7. The van der Waals surface area contributed by atoms with Crippen LogP contribution in [0.25, 0.3) is 0 Å². The van der Waals surface area contributed by atoms with Gasteiger partial charge in [-0.1, -0.05) is 25.9 Å². The number of rotatable bonds is 1. The molecule has 1 heterocycles. The summed E-state index contributed by atoms with van der Waals surface area (Å²) in [5.74, 6) is 0. The molecule has 0 radical (unpaired) electrons. The molecule has 0 aliphatic heterocycles. The van der Waals surface area contributed by atoms with Gasteiger partial charge in [0, 0.05) is 11.5 Å². The summed E-state index contributed by atoms with van der Waals surface area (Å²) in [5, 5.41) is 3.59. The largest absolute Gasteiger partial charge is 0.394 e. The lowest BCUT2D eigenvalue weighted by Gasteiger charge is -2.12. The van der Waals surface area contributed by atoms with E-state index in [9.17, 15) is 4.57 Å². The molecule has 1 aromatic rings. The third kappa shape index (κ3) is 2.40. The normalized spacial score (nSPS) is 13.3. The molecule has 1 rings (SSSR count). The Kier molecular flexibility index (Phi) is 2.36. The molecule has 0 fully saturated rings. The van der Waals surface area contributed by atoms with Crippen molar-refractivity contribution in [1.82, 2.24) is 5.16 Å². The van der Waals surface area contributed by atoms with E-state index in [1.165, 1.54) is 6.07 Å². The summed E-state index contributed by atoms with van der Waals surface area (Å²) < 4.78 is 15.3. The zero-order valence-electron chi connectivity index (χ0n) is 7.68. The fourth-order valence-corrected chi connectivity index (χ4v) is 1.19. The summed E-state index contributed by atoms with van der Waals surface area (Å²) in [6.07, 6.45) is 0. The molecular weight excluding hydrogens is 193 g/mol. The summed E-state index contributed by atoms with van der Waals surface area (Å²) in [7, 11) is -4.30. The minimum Gasteiger partial charge on any atom is -0.348 e. The fraction of sp³-hybridized carbons (Fsp3) is 0.571. The minimum atomic E-state index is -4.30. The van der Waals surface area contributed by atoms with Crippen LogP contribution in [0, 0.1) is 0 Å². The Bertz CT molecular complexity index is 346. The van der Waals surface area contributed by atoms with E-state index < -0.39 is 7.60 Å². The number of hydrogen-bond acceptors (Lipinski definition) is 3. The van der Waals surface area contributed by atoms with E-state index in [4.69, 9.17) is 9.79 Å². The van der Waals surface area contributed by atoms with Crippen LogP contribution in [0.5, 0.6) is 0 Å². The predicted octanol–water partition coefficient (Wildman–Crippen LogP) is 0.775. The third-order valence-electron chi connectivity index (χ3n) is 1.55. The summed E-state index contributed by atoms with van der Waals surface area (Å²) in [6, 6.07) is 1.29. The Morgan fingerprint density at radius 1 is 1.46 bits per heavy atom. The van der Waals surface area contributed by atoms with Crippen molar-refractivity contribution in [3.8, 4) is 0 Å². The highest BCUT2D eigenvalue weighted by atomic mass is 31.2. The highest BCUT2D eigenvalue weighted by molar-refractivity contribution is 7.59. The summed E-state index contributed by atoms with van der Waals surface area (Å²) in [4.78, 5) is 17.5. The van der Waals surface area contributed by atoms with Crippen LogP contribution in [0.4, 0.5) is 0 Å². The Morgan fingerprint density at radius 3 is 2.23 bits per heavy atom. The molecule has 2 N–H and O–H groups in total. The lowest BCUT2D eigenvalue weighted by atomic mass is 9.93. The quantitative estimate of drug-likeness (QED) is 0.661. The monoisotopic (exact) mass is 205 g/mol. The molecule has 13 heavy (non-hydrogen) atoms. The molecule has 74 valence electrons. The van der Waals surface area contributed by atoms with Gasteiger partial charge in [-0.05, 0) is 0 Å². The van der Waals surface area contributed by atoms with Gasteiger partial charge in [0.25, 0.3) is 0 Å². The van der Waals surface area contributed by atoms with E-state index >= 15 is 0 Å². The van der Waals surface area contributed by atoms with Gasteiger partial charge in [-0.15, -0.1) is 0 Å².